The lowest BCUT2D eigenvalue weighted by Gasteiger charge is -2.12. The summed E-state index contributed by atoms with van der Waals surface area (Å²) in [5.41, 5.74) is 2.87. The Labute approximate surface area is 198 Å². The number of ether oxygens (including phenoxy) is 1. The average molecular weight is 484 g/mol. The van der Waals surface area contributed by atoms with Crippen molar-refractivity contribution in [2.75, 3.05) is 11.9 Å². The van der Waals surface area contributed by atoms with Crippen molar-refractivity contribution < 1.29 is 14.6 Å². The highest BCUT2D eigenvalue weighted by molar-refractivity contribution is 7.80. The SMILES string of the molecule is Cc1cc(Cl)ccc1OCC(=O)NC(=S)Nc1ccc(-c2nc3ccccc3s2)c(O)c1. The van der Waals surface area contributed by atoms with Crippen LogP contribution in [0.3, 0.4) is 0 Å². The quantitative estimate of drug-likeness (QED) is 0.324. The summed E-state index contributed by atoms with van der Waals surface area (Å²) in [4.78, 5) is 16.7. The Morgan fingerprint density at radius 3 is 2.75 bits per heavy atom. The molecule has 0 aliphatic rings. The van der Waals surface area contributed by atoms with Crippen LogP contribution in [0.5, 0.6) is 11.5 Å². The second-order valence-corrected chi connectivity index (χ2v) is 8.79. The number of thiazole rings is 1. The van der Waals surface area contributed by atoms with E-state index in [1.165, 1.54) is 17.4 Å². The summed E-state index contributed by atoms with van der Waals surface area (Å²) >= 11 is 12.6. The molecule has 0 fully saturated rings. The van der Waals surface area contributed by atoms with Crippen LogP contribution in [0, 0.1) is 6.92 Å². The van der Waals surface area contributed by atoms with Gasteiger partial charge in [-0.2, -0.15) is 0 Å². The molecule has 1 aromatic heterocycles. The third-order valence-electron chi connectivity index (χ3n) is 4.53. The van der Waals surface area contributed by atoms with Crippen molar-refractivity contribution in [3.8, 4) is 22.1 Å². The third kappa shape index (κ3) is 5.16. The van der Waals surface area contributed by atoms with E-state index in [-0.39, 0.29) is 17.5 Å². The molecule has 0 aliphatic carbocycles. The van der Waals surface area contributed by atoms with Gasteiger partial charge in [0.25, 0.3) is 5.91 Å². The van der Waals surface area contributed by atoms with Crippen LogP contribution in [-0.2, 0) is 4.79 Å². The topological polar surface area (TPSA) is 83.5 Å². The largest absolute Gasteiger partial charge is 0.507 e. The number of anilines is 1. The third-order valence-corrected chi connectivity index (χ3v) is 6.04. The monoisotopic (exact) mass is 483 g/mol. The van der Waals surface area contributed by atoms with Gasteiger partial charge in [-0.3, -0.25) is 10.1 Å². The van der Waals surface area contributed by atoms with E-state index in [2.05, 4.69) is 15.6 Å². The summed E-state index contributed by atoms with van der Waals surface area (Å²) in [6.45, 7) is 1.64. The van der Waals surface area contributed by atoms with Gasteiger partial charge in [0, 0.05) is 16.8 Å². The zero-order valence-corrected chi connectivity index (χ0v) is 19.3. The fraction of sp³-hybridized carbons (Fsp3) is 0.0870. The number of aryl methyl sites for hydroxylation is 1. The van der Waals surface area contributed by atoms with E-state index in [0.29, 0.717) is 22.0 Å². The molecule has 3 aromatic carbocycles. The van der Waals surface area contributed by atoms with Gasteiger partial charge in [0.1, 0.15) is 16.5 Å². The molecule has 0 radical (unpaired) electrons. The highest BCUT2D eigenvalue weighted by Crippen LogP contribution is 2.36. The number of aromatic nitrogens is 1. The van der Waals surface area contributed by atoms with Crippen LogP contribution in [0.2, 0.25) is 5.02 Å². The van der Waals surface area contributed by atoms with Gasteiger partial charge in [-0.15, -0.1) is 11.3 Å². The Kier molecular flexibility index (Phi) is 6.55. The van der Waals surface area contributed by atoms with E-state index in [1.807, 2.05) is 31.2 Å². The first-order valence-corrected chi connectivity index (χ1v) is 11.2. The Morgan fingerprint density at radius 1 is 1.19 bits per heavy atom. The molecule has 6 nitrogen and oxygen atoms in total. The van der Waals surface area contributed by atoms with Gasteiger partial charge < -0.3 is 15.2 Å². The molecule has 162 valence electrons. The number of para-hydroxylation sites is 1. The number of nitrogens with zero attached hydrogens (tertiary/aromatic N) is 1. The molecule has 0 unspecified atom stereocenters. The molecule has 0 atom stereocenters. The van der Waals surface area contributed by atoms with E-state index in [4.69, 9.17) is 28.6 Å². The van der Waals surface area contributed by atoms with Crippen molar-refractivity contribution >= 4 is 62.1 Å². The molecule has 0 saturated heterocycles. The maximum atomic E-state index is 12.1. The lowest BCUT2D eigenvalue weighted by Crippen LogP contribution is -2.37. The van der Waals surface area contributed by atoms with E-state index in [9.17, 15) is 9.90 Å². The van der Waals surface area contributed by atoms with Gasteiger partial charge in [-0.25, -0.2) is 4.98 Å². The first-order valence-electron chi connectivity index (χ1n) is 9.58. The number of halogens is 1. The van der Waals surface area contributed by atoms with Crippen molar-refractivity contribution in [1.29, 1.82) is 0 Å². The fourth-order valence-corrected chi connectivity index (χ4v) is 4.48. The van der Waals surface area contributed by atoms with Crippen LogP contribution in [0.4, 0.5) is 5.69 Å². The van der Waals surface area contributed by atoms with Gasteiger partial charge in [0.15, 0.2) is 11.7 Å². The second-order valence-electron chi connectivity index (χ2n) is 6.92. The Morgan fingerprint density at radius 2 is 2.00 bits per heavy atom. The molecule has 0 saturated carbocycles. The number of benzene rings is 3. The summed E-state index contributed by atoms with van der Waals surface area (Å²) in [6, 6.07) is 18.0. The first-order chi connectivity index (χ1) is 15.4. The number of fused-ring (bicyclic) bond motifs is 1. The summed E-state index contributed by atoms with van der Waals surface area (Å²) in [7, 11) is 0. The number of carbonyl (C=O) groups is 1. The maximum absolute atomic E-state index is 12.1. The maximum Gasteiger partial charge on any atom is 0.264 e. The number of hydrogen-bond acceptors (Lipinski definition) is 6. The smallest absolute Gasteiger partial charge is 0.264 e. The van der Waals surface area contributed by atoms with Gasteiger partial charge >= 0.3 is 0 Å². The predicted molar refractivity (Wildman–Crippen MR) is 133 cm³/mol. The molecular formula is C23H18ClN3O3S2. The fourth-order valence-electron chi connectivity index (χ4n) is 3.02. The minimum Gasteiger partial charge on any atom is -0.507 e. The molecule has 4 aromatic rings. The van der Waals surface area contributed by atoms with Crippen LogP contribution < -0.4 is 15.4 Å². The van der Waals surface area contributed by atoms with E-state index in [1.54, 1.807) is 30.3 Å². The zero-order valence-electron chi connectivity index (χ0n) is 16.9. The average Bonchev–Trinajstić information content (AvgIpc) is 3.17. The molecule has 9 heteroatoms. The number of amides is 1. The van der Waals surface area contributed by atoms with E-state index < -0.39 is 5.91 Å². The number of carbonyl (C=O) groups excluding carboxylic acids is 1. The minimum atomic E-state index is -0.410. The highest BCUT2D eigenvalue weighted by Gasteiger charge is 2.12. The molecule has 4 rings (SSSR count). The second kappa shape index (κ2) is 9.52. The lowest BCUT2D eigenvalue weighted by atomic mass is 10.2. The van der Waals surface area contributed by atoms with Crippen LogP contribution in [-0.4, -0.2) is 27.7 Å². The van der Waals surface area contributed by atoms with E-state index >= 15 is 0 Å². The number of thiocarbonyl (C=S) groups is 1. The normalized spacial score (nSPS) is 10.7. The van der Waals surface area contributed by atoms with Crippen LogP contribution in [0.25, 0.3) is 20.8 Å². The summed E-state index contributed by atoms with van der Waals surface area (Å²) in [5.74, 6) is 0.218. The Hall–Kier alpha value is -3.20. The first kappa shape index (κ1) is 22.0. The van der Waals surface area contributed by atoms with Crippen LogP contribution in [0.1, 0.15) is 5.56 Å². The molecule has 0 aliphatic heterocycles. The predicted octanol–water partition coefficient (Wildman–Crippen LogP) is 5.52. The van der Waals surface area contributed by atoms with Crippen molar-refractivity contribution in [3.63, 3.8) is 0 Å². The van der Waals surface area contributed by atoms with Crippen LogP contribution >= 0.6 is 35.2 Å². The summed E-state index contributed by atoms with van der Waals surface area (Å²) < 4.78 is 6.55. The van der Waals surface area contributed by atoms with Crippen molar-refractivity contribution in [2.24, 2.45) is 0 Å². The number of nitrogens with one attached hydrogen (secondary N) is 2. The zero-order chi connectivity index (χ0) is 22.7. The van der Waals surface area contributed by atoms with Gasteiger partial charge in [0.2, 0.25) is 0 Å². The Bertz CT molecular complexity index is 1290. The van der Waals surface area contributed by atoms with Gasteiger partial charge in [-0.1, -0.05) is 23.7 Å². The van der Waals surface area contributed by atoms with Gasteiger partial charge in [0.05, 0.1) is 15.8 Å². The van der Waals surface area contributed by atoms with Crippen molar-refractivity contribution in [3.05, 3.63) is 71.2 Å². The number of hydrogen-bond donors (Lipinski definition) is 3. The number of aromatic hydroxyl groups is 1. The lowest BCUT2D eigenvalue weighted by molar-refractivity contribution is -0.121. The molecule has 3 N–H and O–H groups in total. The molecule has 1 amide bonds. The standard InChI is InChI=1S/C23H18ClN3O3S2/c1-13-10-14(24)6-9-19(13)30-12-21(29)27-23(31)25-15-7-8-16(18(28)11-15)22-26-17-4-2-3-5-20(17)32-22/h2-11,28H,12H2,1H3,(H2,25,27,29,31). The van der Waals surface area contributed by atoms with Crippen molar-refractivity contribution in [1.82, 2.24) is 10.3 Å². The highest BCUT2D eigenvalue weighted by atomic mass is 35.5. The molecule has 0 spiro atoms. The van der Waals surface area contributed by atoms with Gasteiger partial charge in [-0.05, 0) is 67.2 Å². The summed E-state index contributed by atoms with van der Waals surface area (Å²) in [6.07, 6.45) is 0. The number of phenols is 1. The minimum absolute atomic E-state index is 0.0599. The molecule has 32 heavy (non-hydrogen) atoms. The van der Waals surface area contributed by atoms with Crippen LogP contribution in [0.15, 0.2) is 60.7 Å². The van der Waals surface area contributed by atoms with Crippen molar-refractivity contribution in [2.45, 2.75) is 6.92 Å². The Balaban J connectivity index is 1.35. The summed E-state index contributed by atoms with van der Waals surface area (Å²) in [5, 5.41) is 17.3. The van der Waals surface area contributed by atoms with E-state index in [0.717, 1.165) is 20.8 Å². The molecule has 1 heterocycles. The number of phenolic OH excluding ortho intramolecular Hbond substituents is 1. The molecule has 0 bridgehead atoms. The molecular weight excluding hydrogens is 466 g/mol. The number of rotatable bonds is 5.